The Morgan fingerprint density at radius 1 is 0.939 bits per heavy atom. The molecule has 0 spiro atoms. The van der Waals surface area contributed by atoms with Gasteiger partial charge in [-0.3, -0.25) is 10.1 Å². The minimum Gasteiger partial charge on any atom is -0.493 e. The van der Waals surface area contributed by atoms with Crippen molar-refractivity contribution in [3.05, 3.63) is 95.0 Å². The lowest BCUT2D eigenvalue weighted by molar-refractivity contribution is -0.115. The van der Waals surface area contributed by atoms with Crippen LogP contribution in [0.25, 0.3) is 0 Å². The van der Waals surface area contributed by atoms with Crippen LogP contribution >= 0.6 is 23.1 Å². The Kier molecular flexibility index (Phi) is 7.59. The number of aromatic nitrogens is 2. The zero-order valence-electron chi connectivity index (χ0n) is 18.2. The molecule has 1 heterocycles. The SMILES string of the molecule is COc1ccc(Cc2nnc(NC(=O)[C@H](Sc3ccccc3)c3ccccc3)s2)cc1OC. The van der Waals surface area contributed by atoms with E-state index in [1.807, 2.05) is 78.9 Å². The highest BCUT2D eigenvalue weighted by atomic mass is 32.2. The first-order valence-electron chi connectivity index (χ1n) is 10.3. The summed E-state index contributed by atoms with van der Waals surface area (Å²) in [5.74, 6) is 1.20. The van der Waals surface area contributed by atoms with E-state index in [-0.39, 0.29) is 5.91 Å². The molecule has 1 amide bonds. The summed E-state index contributed by atoms with van der Waals surface area (Å²) in [5, 5.41) is 12.2. The van der Waals surface area contributed by atoms with E-state index in [1.165, 1.54) is 23.1 Å². The molecule has 4 aromatic rings. The van der Waals surface area contributed by atoms with E-state index in [9.17, 15) is 4.79 Å². The fraction of sp³-hybridized carbons (Fsp3) is 0.160. The van der Waals surface area contributed by atoms with Crippen molar-refractivity contribution >= 4 is 34.1 Å². The maximum absolute atomic E-state index is 13.2. The Morgan fingerprint density at radius 3 is 2.33 bits per heavy atom. The van der Waals surface area contributed by atoms with Crippen LogP contribution < -0.4 is 14.8 Å². The van der Waals surface area contributed by atoms with Gasteiger partial charge in [-0.2, -0.15) is 0 Å². The highest BCUT2D eigenvalue weighted by Gasteiger charge is 2.23. The molecule has 33 heavy (non-hydrogen) atoms. The molecule has 0 aliphatic heterocycles. The average molecular weight is 478 g/mol. The average Bonchev–Trinajstić information content (AvgIpc) is 3.30. The highest BCUT2D eigenvalue weighted by molar-refractivity contribution is 8.00. The van der Waals surface area contributed by atoms with E-state index in [1.54, 1.807) is 14.2 Å². The van der Waals surface area contributed by atoms with Gasteiger partial charge in [-0.1, -0.05) is 65.9 Å². The maximum Gasteiger partial charge on any atom is 0.244 e. The number of hydrogen-bond acceptors (Lipinski definition) is 7. The summed E-state index contributed by atoms with van der Waals surface area (Å²) in [5.41, 5.74) is 1.95. The number of carbonyl (C=O) groups is 1. The fourth-order valence-corrected chi connectivity index (χ4v) is 5.07. The Balaban J connectivity index is 1.48. The van der Waals surface area contributed by atoms with Gasteiger partial charge in [-0.25, -0.2) is 0 Å². The molecule has 0 saturated heterocycles. The summed E-state index contributed by atoms with van der Waals surface area (Å²) in [4.78, 5) is 14.2. The Bertz CT molecular complexity index is 1200. The van der Waals surface area contributed by atoms with Gasteiger partial charge < -0.3 is 9.47 Å². The van der Waals surface area contributed by atoms with Gasteiger partial charge in [0.2, 0.25) is 11.0 Å². The van der Waals surface area contributed by atoms with Gasteiger partial charge in [0.25, 0.3) is 0 Å². The molecule has 4 rings (SSSR count). The topological polar surface area (TPSA) is 73.3 Å². The van der Waals surface area contributed by atoms with E-state index >= 15 is 0 Å². The van der Waals surface area contributed by atoms with Gasteiger partial charge in [-0.05, 0) is 35.4 Å². The third-order valence-electron chi connectivity index (χ3n) is 4.84. The number of carbonyl (C=O) groups excluding carboxylic acids is 1. The van der Waals surface area contributed by atoms with Crippen LogP contribution in [0.5, 0.6) is 11.5 Å². The van der Waals surface area contributed by atoms with Gasteiger partial charge in [-0.15, -0.1) is 22.0 Å². The minimum absolute atomic E-state index is 0.135. The lowest BCUT2D eigenvalue weighted by Gasteiger charge is -2.16. The van der Waals surface area contributed by atoms with Crippen LogP contribution in [0.3, 0.4) is 0 Å². The summed E-state index contributed by atoms with van der Waals surface area (Å²) < 4.78 is 10.7. The van der Waals surface area contributed by atoms with E-state index in [0.29, 0.717) is 23.1 Å². The second-order valence-corrected chi connectivity index (χ2v) is 9.32. The van der Waals surface area contributed by atoms with Crippen LogP contribution in [0.4, 0.5) is 5.13 Å². The number of anilines is 1. The van der Waals surface area contributed by atoms with Crippen molar-refractivity contribution < 1.29 is 14.3 Å². The quantitative estimate of drug-likeness (QED) is 0.316. The number of benzene rings is 3. The van der Waals surface area contributed by atoms with Crippen molar-refractivity contribution in [2.24, 2.45) is 0 Å². The molecule has 0 fully saturated rings. The van der Waals surface area contributed by atoms with E-state index in [4.69, 9.17) is 9.47 Å². The molecule has 0 aliphatic rings. The lowest BCUT2D eigenvalue weighted by Crippen LogP contribution is -2.18. The zero-order chi connectivity index (χ0) is 23.0. The van der Waals surface area contributed by atoms with Crippen molar-refractivity contribution in [3.8, 4) is 11.5 Å². The summed E-state index contributed by atoms with van der Waals surface area (Å²) in [6.45, 7) is 0. The third-order valence-corrected chi connectivity index (χ3v) is 6.94. The van der Waals surface area contributed by atoms with Crippen LogP contribution in [0.15, 0.2) is 83.8 Å². The molecule has 1 N–H and O–H groups in total. The van der Waals surface area contributed by atoms with Gasteiger partial charge in [0, 0.05) is 11.3 Å². The van der Waals surface area contributed by atoms with E-state index in [2.05, 4.69) is 15.5 Å². The summed E-state index contributed by atoms with van der Waals surface area (Å²) in [6.07, 6.45) is 0.578. The second-order valence-electron chi connectivity index (χ2n) is 7.08. The van der Waals surface area contributed by atoms with E-state index < -0.39 is 5.25 Å². The lowest BCUT2D eigenvalue weighted by atomic mass is 10.1. The third kappa shape index (κ3) is 5.91. The number of thioether (sulfide) groups is 1. The molecule has 0 unspecified atom stereocenters. The zero-order valence-corrected chi connectivity index (χ0v) is 19.9. The standard InChI is InChI=1S/C25H23N3O3S2/c1-30-20-14-13-17(15-21(20)31-2)16-22-27-28-25(33-22)26-24(29)23(18-9-5-3-6-10-18)32-19-11-7-4-8-12-19/h3-15,23H,16H2,1-2H3,(H,26,28,29)/t23-/m1/s1. The number of ether oxygens (including phenoxy) is 2. The van der Waals surface area contributed by atoms with Crippen molar-refractivity contribution in [2.75, 3.05) is 19.5 Å². The second kappa shape index (κ2) is 11.0. The van der Waals surface area contributed by atoms with Crippen molar-refractivity contribution in [2.45, 2.75) is 16.6 Å². The fourth-order valence-electron chi connectivity index (χ4n) is 3.25. The summed E-state index contributed by atoms with van der Waals surface area (Å²) in [6, 6.07) is 25.4. The maximum atomic E-state index is 13.2. The molecular weight excluding hydrogens is 454 g/mol. The molecule has 0 aliphatic carbocycles. The smallest absolute Gasteiger partial charge is 0.244 e. The summed E-state index contributed by atoms with van der Waals surface area (Å²) in [7, 11) is 3.22. The van der Waals surface area contributed by atoms with Crippen molar-refractivity contribution in [1.29, 1.82) is 0 Å². The Labute approximate surface area is 201 Å². The first-order valence-corrected chi connectivity index (χ1v) is 12.0. The molecule has 0 saturated carbocycles. The van der Waals surface area contributed by atoms with Gasteiger partial charge in [0.1, 0.15) is 10.3 Å². The molecule has 0 radical (unpaired) electrons. The minimum atomic E-state index is -0.410. The monoisotopic (exact) mass is 477 g/mol. The predicted molar refractivity (Wildman–Crippen MR) is 132 cm³/mol. The number of amides is 1. The van der Waals surface area contributed by atoms with Crippen molar-refractivity contribution in [3.63, 3.8) is 0 Å². The predicted octanol–water partition coefficient (Wildman–Crippen LogP) is 5.62. The number of rotatable bonds is 9. The number of nitrogens with one attached hydrogen (secondary N) is 1. The van der Waals surface area contributed by atoms with Crippen LogP contribution in [0, 0.1) is 0 Å². The Hall–Kier alpha value is -3.36. The van der Waals surface area contributed by atoms with Crippen LogP contribution in [0.1, 0.15) is 21.4 Å². The molecule has 0 bridgehead atoms. The molecule has 3 aromatic carbocycles. The van der Waals surface area contributed by atoms with Crippen LogP contribution in [-0.4, -0.2) is 30.3 Å². The molecule has 168 valence electrons. The molecular formula is C25H23N3O3S2. The van der Waals surface area contributed by atoms with Crippen molar-refractivity contribution in [1.82, 2.24) is 10.2 Å². The summed E-state index contributed by atoms with van der Waals surface area (Å²) >= 11 is 2.87. The number of nitrogens with zero attached hydrogens (tertiary/aromatic N) is 2. The van der Waals surface area contributed by atoms with Crippen LogP contribution in [0.2, 0.25) is 0 Å². The normalized spacial score (nSPS) is 11.6. The molecule has 8 heteroatoms. The molecule has 1 atom stereocenters. The van der Waals surface area contributed by atoms with Gasteiger partial charge >= 0.3 is 0 Å². The first kappa shape index (κ1) is 22.8. The van der Waals surface area contributed by atoms with Gasteiger partial charge in [0.05, 0.1) is 14.2 Å². The highest BCUT2D eigenvalue weighted by Crippen LogP contribution is 2.36. The van der Waals surface area contributed by atoms with Crippen LogP contribution in [-0.2, 0) is 11.2 Å². The first-order chi connectivity index (χ1) is 16.2. The largest absolute Gasteiger partial charge is 0.493 e. The Morgan fingerprint density at radius 2 is 1.64 bits per heavy atom. The number of methoxy groups -OCH3 is 2. The molecule has 6 nitrogen and oxygen atoms in total. The van der Waals surface area contributed by atoms with Gasteiger partial charge in [0.15, 0.2) is 11.5 Å². The van der Waals surface area contributed by atoms with E-state index in [0.717, 1.165) is 21.0 Å². The molecule has 1 aromatic heterocycles. The number of hydrogen-bond donors (Lipinski definition) is 1.